The third kappa shape index (κ3) is 2.33. The van der Waals surface area contributed by atoms with E-state index in [0.717, 1.165) is 5.75 Å². The minimum Gasteiger partial charge on any atom is -0.487 e. The van der Waals surface area contributed by atoms with Gasteiger partial charge in [-0.05, 0) is 24.3 Å². The van der Waals surface area contributed by atoms with Crippen LogP contribution in [-0.2, 0) is 0 Å². The van der Waals surface area contributed by atoms with Gasteiger partial charge in [-0.25, -0.2) is 4.79 Å². The van der Waals surface area contributed by atoms with E-state index in [-0.39, 0.29) is 6.10 Å². The van der Waals surface area contributed by atoms with Crippen LogP contribution in [0.1, 0.15) is 0 Å². The van der Waals surface area contributed by atoms with Gasteiger partial charge in [-0.15, -0.1) is 0 Å². The van der Waals surface area contributed by atoms with E-state index < -0.39 is 6.09 Å². The molecule has 0 radical (unpaired) electrons. The van der Waals surface area contributed by atoms with Gasteiger partial charge in [0.2, 0.25) is 0 Å². The van der Waals surface area contributed by atoms with E-state index in [1.54, 1.807) is 24.3 Å². The Balaban J connectivity index is 1.85. The molecular weight excluding hydrogens is 218 g/mol. The fourth-order valence-corrected chi connectivity index (χ4v) is 1.50. The summed E-state index contributed by atoms with van der Waals surface area (Å²) in [7, 11) is 0. The molecule has 1 aliphatic rings. The number of rotatable bonds is 2. The van der Waals surface area contributed by atoms with Gasteiger partial charge >= 0.3 is 6.09 Å². The van der Waals surface area contributed by atoms with Crippen LogP contribution in [0.2, 0.25) is 5.02 Å². The SMILES string of the molecule is O=C(O)N1CC(Oc2ccc(Cl)cc2)C1. The molecule has 1 aromatic rings. The van der Waals surface area contributed by atoms with Crippen molar-refractivity contribution in [2.45, 2.75) is 6.10 Å². The van der Waals surface area contributed by atoms with E-state index in [9.17, 15) is 4.79 Å². The van der Waals surface area contributed by atoms with Gasteiger partial charge in [0.25, 0.3) is 0 Å². The molecule has 80 valence electrons. The number of carboxylic acid groups (broad SMARTS) is 1. The molecule has 0 saturated carbocycles. The zero-order valence-corrected chi connectivity index (χ0v) is 8.65. The second-order valence-corrected chi connectivity index (χ2v) is 3.82. The number of amides is 1. The Labute approximate surface area is 92.0 Å². The van der Waals surface area contributed by atoms with Crippen LogP contribution < -0.4 is 4.74 Å². The van der Waals surface area contributed by atoms with Crippen LogP contribution in [0.3, 0.4) is 0 Å². The zero-order chi connectivity index (χ0) is 10.8. The minimum absolute atomic E-state index is 0.0396. The molecule has 1 aliphatic heterocycles. The Morgan fingerprint density at radius 2 is 2.00 bits per heavy atom. The van der Waals surface area contributed by atoms with E-state index in [1.165, 1.54) is 4.90 Å². The van der Waals surface area contributed by atoms with Crippen molar-refractivity contribution in [1.29, 1.82) is 0 Å². The maximum Gasteiger partial charge on any atom is 0.407 e. The fraction of sp³-hybridized carbons (Fsp3) is 0.300. The quantitative estimate of drug-likeness (QED) is 0.842. The Kier molecular flexibility index (Phi) is 2.68. The predicted molar refractivity (Wildman–Crippen MR) is 55.5 cm³/mol. The van der Waals surface area contributed by atoms with Crippen molar-refractivity contribution in [1.82, 2.24) is 4.90 Å². The molecule has 0 aliphatic carbocycles. The molecule has 0 aromatic heterocycles. The van der Waals surface area contributed by atoms with E-state index in [1.807, 2.05) is 0 Å². The van der Waals surface area contributed by atoms with Gasteiger partial charge in [0.1, 0.15) is 11.9 Å². The Morgan fingerprint density at radius 3 is 2.53 bits per heavy atom. The highest BCUT2D eigenvalue weighted by Crippen LogP contribution is 2.20. The van der Waals surface area contributed by atoms with Crippen molar-refractivity contribution in [3.63, 3.8) is 0 Å². The molecule has 1 aromatic carbocycles. The smallest absolute Gasteiger partial charge is 0.407 e. The van der Waals surface area contributed by atoms with E-state index in [4.69, 9.17) is 21.4 Å². The van der Waals surface area contributed by atoms with E-state index >= 15 is 0 Å². The average molecular weight is 228 g/mol. The van der Waals surface area contributed by atoms with Crippen molar-refractivity contribution >= 4 is 17.7 Å². The molecule has 5 heteroatoms. The summed E-state index contributed by atoms with van der Waals surface area (Å²) in [5.41, 5.74) is 0. The van der Waals surface area contributed by atoms with Crippen LogP contribution in [0.15, 0.2) is 24.3 Å². The van der Waals surface area contributed by atoms with Gasteiger partial charge in [-0.3, -0.25) is 0 Å². The number of nitrogens with zero attached hydrogens (tertiary/aromatic N) is 1. The molecule has 1 amide bonds. The number of carbonyl (C=O) groups is 1. The predicted octanol–water partition coefficient (Wildman–Crippen LogP) is 2.08. The minimum atomic E-state index is -0.897. The van der Waals surface area contributed by atoms with Gasteiger partial charge in [0.15, 0.2) is 0 Å². The van der Waals surface area contributed by atoms with Crippen molar-refractivity contribution in [3.05, 3.63) is 29.3 Å². The number of hydrogen-bond acceptors (Lipinski definition) is 2. The molecule has 1 saturated heterocycles. The summed E-state index contributed by atoms with van der Waals surface area (Å²) in [6.07, 6.45) is -0.937. The highest BCUT2D eigenvalue weighted by molar-refractivity contribution is 6.30. The van der Waals surface area contributed by atoms with Crippen LogP contribution in [-0.4, -0.2) is 35.3 Å². The summed E-state index contributed by atoms with van der Waals surface area (Å²) in [4.78, 5) is 11.8. The number of benzene rings is 1. The normalized spacial score (nSPS) is 15.9. The Morgan fingerprint density at radius 1 is 1.40 bits per heavy atom. The first-order chi connectivity index (χ1) is 7.15. The van der Waals surface area contributed by atoms with Crippen LogP contribution in [0.5, 0.6) is 5.75 Å². The summed E-state index contributed by atoms with van der Waals surface area (Å²) in [6.45, 7) is 0.857. The number of ether oxygens (including phenoxy) is 1. The standard InChI is InChI=1S/C10H10ClNO3/c11-7-1-3-8(4-2-7)15-9-5-12(6-9)10(13)14/h1-4,9H,5-6H2,(H,13,14). The molecule has 1 heterocycles. The molecule has 2 rings (SSSR count). The van der Waals surface area contributed by atoms with Crippen LogP contribution in [0.25, 0.3) is 0 Å². The van der Waals surface area contributed by atoms with Crippen molar-refractivity contribution in [2.24, 2.45) is 0 Å². The fourth-order valence-electron chi connectivity index (χ4n) is 1.37. The summed E-state index contributed by atoms with van der Waals surface area (Å²) in [6, 6.07) is 7.02. The van der Waals surface area contributed by atoms with Crippen molar-refractivity contribution < 1.29 is 14.6 Å². The van der Waals surface area contributed by atoms with Crippen LogP contribution in [0, 0.1) is 0 Å². The first-order valence-electron chi connectivity index (χ1n) is 4.55. The van der Waals surface area contributed by atoms with Crippen molar-refractivity contribution in [2.75, 3.05) is 13.1 Å². The lowest BCUT2D eigenvalue weighted by molar-refractivity contribution is 0.0252. The van der Waals surface area contributed by atoms with Crippen LogP contribution in [0.4, 0.5) is 4.79 Å². The number of hydrogen-bond donors (Lipinski definition) is 1. The second-order valence-electron chi connectivity index (χ2n) is 3.38. The van der Waals surface area contributed by atoms with Gasteiger partial charge < -0.3 is 14.7 Å². The largest absolute Gasteiger partial charge is 0.487 e. The lowest BCUT2D eigenvalue weighted by Gasteiger charge is -2.36. The van der Waals surface area contributed by atoms with Crippen molar-refractivity contribution in [3.8, 4) is 5.75 Å². The summed E-state index contributed by atoms with van der Waals surface area (Å²) < 4.78 is 5.52. The molecule has 0 unspecified atom stereocenters. The first kappa shape index (κ1) is 10.1. The average Bonchev–Trinajstić information content (AvgIpc) is 2.13. The Bertz CT molecular complexity index is 359. The maximum absolute atomic E-state index is 10.5. The Hall–Kier alpha value is -1.42. The molecule has 15 heavy (non-hydrogen) atoms. The first-order valence-corrected chi connectivity index (χ1v) is 4.93. The van der Waals surface area contributed by atoms with E-state index in [2.05, 4.69) is 0 Å². The third-order valence-electron chi connectivity index (χ3n) is 2.23. The van der Waals surface area contributed by atoms with Crippen LogP contribution >= 0.6 is 11.6 Å². The topological polar surface area (TPSA) is 49.8 Å². The van der Waals surface area contributed by atoms with Gasteiger partial charge in [-0.1, -0.05) is 11.6 Å². The van der Waals surface area contributed by atoms with Gasteiger partial charge in [0, 0.05) is 5.02 Å². The number of likely N-dealkylation sites (tertiary alicyclic amines) is 1. The highest BCUT2D eigenvalue weighted by atomic mass is 35.5. The monoisotopic (exact) mass is 227 g/mol. The lowest BCUT2D eigenvalue weighted by Crippen LogP contribution is -2.55. The molecule has 1 fully saturated rings. The number of halogens is 1. The zero-order valence-electron chi connectivity index (χ0n) is 7.89. The molecular formula is C10H10ClNO3. The van der Waals surface area contributed by atoms with E-state index in [0.29, 0.717) is 18.1 Å². The lowest BCUT2D eigenvalue weighted by atomic mass is 10.2. The van der Waals surface area contributed by atoms with Gasteiger partial charge in [-0.2, -0.15) is 0 Å². The molecule has 0 atom stereocenters. The second kappa shape index (κ2) is 3.98. The molecule has 1 N–H and O–H groups in total. The molecule has 0 spiro atoms. The molecule has 0 bridgehead atoms. The summed E-state index contributed by atoms with van der Waals surface area (Å²) in [5.74, 6) is 0.717. The van der Waals surface area contributed by atoms with Gasteiger partial charge in [0.05, 0.1) is 13.1 Å². The highest BCUT2D eigenvalue weighted by Gasteiger charge is 2.31. The summed E-state index contributed by atoms with van der Waals surface area (Å²) in [5, 5.41) is 9.26. The third-order valence-corrected chi connectivity index (χ3v) is 2.49. The maximum atomic E-state index is 10.5. The summed E-state index contributed by atoms with van der Waals surface area (Å²) >= 11 is 5.72. The molecule has 4 nitrogen and oxygen atoms in total.